The van der Waals surface area contributed by atoms with Gasteiger partial charge in [-0.3, -0.25) is 10.00 Å². The van der Waals surface area contributed by atoms with Crippen LogP contribution >= 0.6 is 0 Å². The van der Waals surface area contributed by atoms with Crippen molar-refractivity contribution in [3.8, 4) is 0 Å². The third-order valence-electron chi connectivity index (χ3n) is 3.93. The Morgan fingerprint density at radius 1 is 1.43 bits per heavy atom. The summed E-state index contributed by atoms with van der Waals surface area (Å²) in [6.45, 7) is 9.16. The van der Waals surface area contributed by atoms with Gasteiger partial charge in [-0.2, -0.15) is 5.10 Å². The first-order valence-corrected chi connectivity index (χ1v) is 9.64. The van der Waals surface area contributed by atoms with Crippen LogP contribution in [-0.2, 0) is 21.8 Å². The maximum Gasteiger partial charge on any atom is 0.147 e. The van der Waals surface area contributed by atoms with E-state index in [1.165, 1.54) is 6.26 Å². The number of likely N-dealkylation sites (tertiary alicyclic amines) is 1. The molecule has 0 amide bonds. The van der Waals surface area contributed by atoms with Crippen molar-refractivity contribution in [1.29, 1.82) is 0 Å². The summed E-state index contributed by atoms with van der Waals surface area (Å²) in [5.74, 6) is 0.568. The van der Waals surface area contributed by atoms with Gasteiger partial charge in [0.25, 0.3) is 0 Å². The van der Waals surface area contributed by atoms with Gasteiger partial charge in [-0.05, 0) is 31.4 Å². The van der Waals surface area contributed by atoms with Gasteiger partial charge in [0.1, 0.15) is 9.84 Å². The monoisotopic (exact) mass is 313 g/mol. The van der Waals surface area contributed by atoms with Crippen molar-refractivity contribution >= 4 is 9.84 Å². The van der Waals surface area contributed by atoms with E-state index in [1.807, 2.05) is 0 Å². The number of aromatic amines is 1. The third kappa shape index (κ3) is 5.11. The van der Waals surface area contributed by atoms with E-state index in [1.54, 1.807) is 0 Å². The van der Waals surface area contributed by atoms with Crippen LogP contribution in [0.5, 0.6) is 0 Å². The number of piperidine rings is 1. The first-order chi connectivity index (χ1) is 9.63. The SMILES string of the molecule is CC(C)(C)c1cc(CN2CCC[C@H](CS(C)(=O)=O)C2)[nH]n1. The van der Waals surface area contributed by atoms with Crippen molar-refractivity contribution in [2.75, 3.05) is 25.1 Å². The molecule has 1 atom stereocenters. The average molecular weight is 313 g/mol. The summed E-state index contributed by atoms with van der Waals surface area (Å²) in [5.41, 5.74) is 2.23. The lowest BCUT2D eigenvalue weighted by Gasteiger charge is -2.31. The molecule has 1 N–H and O–H groups in total. The highest BCUT2D eigenvalue weighted by Crippen LogP contribution is 2.23. The third-order valence-corrected chi connectivity index (χ3v) is 5.01. The minimum atomic E-state index is -2.88. The van der Waals surface area contributed by atoms with Crippen LogP contribution in [-0.4, -0.2) is 48.6 Å². The normalized spacial score (nSPS) is 21.6. The number of H-pyrrole nitrogens is 1. The Morgan fingerprint density at radius 3 is 2.71 bits per heavy atom. The van der Waals surface area contributed by atoms with Gasteiger partial charge in [-0.1, -0.05) is 20.8 Å². The number of hydrogen-bond acceptors (Lipinski definition) is 4. The summed E-state index contributed by atoms with van der Waals surface area (Å²) in [6.07, 6.45) is 3.41. The maximum atomic E-state index is 11.4. The Morgan fingerprint density at radius 2 is 2.14 bits per heavy atom. The molecule has 1 fully saturated rings. The molecule has 2 rings (SSSR count). The number of aromatic nitrogens is 2. The van der Waals surface area contributed by atoms with Crippen molar-refractivity contribution < 1.29 is 8.42 Å². The van der Waals surface area contributed by atoms with E-state index in [2.05, 4.69) is 41.9 Å². The van der Waals surface area contributed by atoms with E-state index in [0.29, 0.717) is 5.75 Å². The topological polar surface area (TPSA) is 66.1 Å². The summed E-state index contributed by atoms with van der Waals surface area (Å²) in [4.78, 5) is 2.33. The quantitative estimate of drug-likeness (QED) is 0.923. The van der Waals surface area contributed by atoms with E-state index in [0.717, 1.165) is 43.9 Å². The van der Waals surface area contributed by atoms with Crippen molar-refractivity contribution in [3.63, 3.8) is 0 Å². The molecule has 0 saturated carbocycles. The molecule has 0 aromatic carbocycles. The van der Waals surface area contributed by atoms with Crippen molar-refractivity contribution in [1.82, 2.24) is 15.1 Å². The van der Waals surface area contributed by atoms with Crippen LogP contribution in [0, 0.1) is 5.92 Å². The lowest BCUT2D eigenvalue weighted by atomic mass is 9.92. The molecule has 1 aliphatic rings. The molecule has 21 heavy (non-hydrogen) atoms. The summed E-state index contributed by atoms with van der Waals surface area (Å²) in [6, 6.07) is 2.13. The van der Waals surface area contributed by atoms with Crippen molar-refractivity contribution in [2.45, 2.75) is 45.6 Å². The van der Waals surface area contributed by atoms with E-state index < -0.39 is 9.84 Å². The summed E-state index contributed by atoms with van der Waals surface area (Å²) >= 11 is 0. The van der Waals surface area contributed by atoms with E-state index >= 15 is 0 Å². The predicted octanol–water partition coefficient (Wildman–Crippen LogP) is 1.96. The van der Waals surface area contributed by atoms with Gasteiger partial charge in [-0.25, -0.2) is 8.42 Å². The van der Waals surface area contributed by atoms with Gasteiger partial charge < -0.3 is 0 Å². The number of rotatable bonds is 4. The highest BCUT2D eigenvalue weighted by molar-refractivity contribution is 7.90. The second-order valence-electron chi connectivity index (χ2n) is 7.36. The van der Waals surface area contributed by atoms with Crippen LogP contribution in [0.2, 0.25) is 0 Å². The maximum absolute atomic E-state index is 11.4. The molecule has 0 aliphatic carbocycles. The molecule has 2 heterocycles. The summed E-state index contributed by atoms with van der Waals surface area (Å²) in [7, 11) is -2.88. The van der Waals surface area contributed by atoms with Crippen molar-refractivity contribution in [3.05, 3.63) is 17.5 Å². The Balaban J connectivity index is 1.95. The van der Waals surface area contributed by atoms with Crippen LogP contribution in [0.3, 0.4) is 0 Å². The Kier molecular flexibility index (Phi) is 4.78. The molecule has 0 bridgehead atoms. The first kappa shape index (κ1) is 16.5. The van der Waals surface area contributed by atoms with Gasteiger partial charge in [-0.15, -0.1) is 0 Å². The first-order valence-electron chi connectivity index (χ1n) is 7.58. The highest BCUT2D eigenvalue weighted by Gasteiger charge is 2.24. The van der Waals surface area contributed by atoms with E-state index in [9.17, 15) is 8.42 Å². The largest absolute Gasteiger partial charge is 0.297 e. The van der Waals surface area contributed by atoms with Gasteiger partial charge in [0, 0.05) is 30.5 Å². The predicted molar refractivity (Wildman–Crippen MR) is 85.0 cm³/mol. The molecule has 1 aromatic heterocycles. The fourth-order valence-corrected chi connectivity index (χ4v) is 4.06. The molecule has 1 aromatic rings. The lowest BCUT2D eigenvalue weighted by Crippen LogP contribution is -2.37. The molecular formula is C15H27N3O2S. The lowest BCUT2D eigenvalue weighted by molar-refractivity contribution is 0.176. The fourth-order valence-electron chi connectivity index (χ4n) is 2.93. The second kappa shape index (κ2) is 6.08. The van der Waals surface area contributed by atoms with Gasteiger partial charge >= 0.3 is 0 Å². The standard InChI is InChI=1S/C15H27N3O2S/c1-15(2,3)14-8-13(16-17-14)10-18-7-5-6-12(9-18)11-21(4,19)20/h8,12H,5-7,9-11H2,1-4H3,(H,16,17)/t12-/m0/s1. The molecule has 0 spiro atoms. The highest BCUT2D eigenvalue weighted by atomic mass is 32.2. The van der Waals surface area contributed by atoms with Gasteiger partial charge in [0.15, 0.2) is 0 Å². The van der Waals surface area contributed by atoms with Crippen LogP contribution in [0.25, 0.3) is 0 Å². The number of nitrogens with one attached hydrogen (secondary N) is 1. The Labute approximate surface area is 128 Å². The zero-order valence-corrected chi connectivity index (χ0v) is 14.3. The summed E-state index contributed by atoms with van der Waals surface area (Å²) < 4.78 is 22.9. The minimum Gasteiger partial charge on any atom is -0.297 e. The van der Waals surface area contributed by atoms with E-state index in [-0.39, 0.29) is 11.3 Å². The molecule has 0 radical (unpaired) electrons. The second-order valence-corrected chi connectivity index (χ2v) is 9.55. The number of hydrogen-bond donors (Lipinski definition) is 1. The van der Waals surface area contributed by atoms with Crippen LogP contribution in [0.15, 0.2) is 6.07 Å². The number of sulfone groups is 1. The molecule has 1 saturated heterocycles. The smallest absolute Gasteiger partial charge is 0.147 e. The Hall–Kier alpha value is -0.880. The van der Waals surface area contributed by atoms with Gasteiger partial charge in [0.05, 0.1) is 11.4 Å². The van der Waals surface area contributed by atoms with E-state index in [4.69, 9.17) is 0 Å². The van der Waals surface area contributed by atoms with Gasteiger partial charge in [0.2, 0.25) is 0 Å². The van der Waals surface area contributed by atoms with Crippen LogP contribution < -0.4 is 0 Å². The minimum absolute atomic E-state index is 0.0511. The van der Waals surface area contributed by atoms with Crippen molar-refractivity contribution in [2.24, 2.45) is 5.92 Å². The molecule has 6 heteroatoms. The fraction of sp³-hybridized carbons (Fsp3) is 0.800. The molecule has 0 unspecified atom stereocenters. The Bertz CT molecular complexity index is 572. The molecule has 1 aliphatic heterocycles. The average Bonchev–Trinajstić information content (AvgIpc) is 2.75. The molecule has 5 nitrogen and oxygen atoms in total. The molecular weight excluding hydrogens is 286 g/mol. The summed E-state index contributed by atoms with van der Waals surface area (Å²) in [5, 5.41) is 7.50. The molecule has 120 valence electrons. The van der Waals surface area contributed by atoms with Crippen LogP contribution in [0.4, 0.5) is 0 Å². The number of nitrogens with zero attached hydrogens (tertiary/aromatic N) is 2. The van der Waals surface area contributed by atoms with Crippen LogP contribution in [0.1, 0.15) is 45.0 Å². The zero-order chi connectivity index (χ0) is 15.7. The zero-order valence-electron chi connectivity index (χ0n) is 13.5.